The summed E-state index contributed by atoms with van der Waals surface area (Å²) in [6.45, 7) is 13.0. The van der Waals surface area contributed by atoms with Gasteiger partial charge in [-0.05, 0) is 35.7 Å². The van der Waals surface area contributed by atoms with E-state index in [1.807, 2.05) is 0 Å². The van der Waals surface area contributed by atoms with Crippen LogP contribution in [0.1, 0.15) is 60.8 Å². The van der Waals surface area contributed by atoms with Crippen LogP contribution in [-0.4, -0.2) is 10.7 Å². The minimum atomic E-state index is -0.660. The maximum Gasteiger partial charge on any atom is 0.0955 e. The monoisotopic (exact) mass is 210 g/mol. The molecule has 0 aliphatic heterocycles. The molecular weight excluding hydrogens is 184 g/mol. The van der Waals surface area contributed by atoms with E-state index in [-0.39, 0.29) is 10.8 Å². The summed E-state index contributed by atoms with van der Waals surface area (Å²) in [7, 11) is 0. The summed E-state index contributed by atoms with van der Waals surface area (Å²) < 4.78 is 0. The Balaban J connectivity index is 3.29. The van der Waals surface area contributed by atoms with Gasteiger partial charge in [0, 0.05) is 0 Å². The second-order valence-corrected chi connectivity index (χ2v) is 6.47. The second kappa shape index (κ2) is 3.62. The van der Waals surface area contributed by atoms with Crippen LogP contribution in [0.2, 0.25) is 0 Å². The van der Waals surface area contributed by atoms with Gasteiger partial charge in [-0.2, -0.15) is 0 Å². The van der Waals surface area contributed by atoms with E-state index in [9.17, 15) is 5.11 Å². The van der Waals surface area contributed by atoms with Gasteiger partial charge < -0.3 is 5.11 Å². The van der Waals surface area contributed by atoms with Gasteiger partial charge in [0.05, 0.1) is 5.60 Å². The highest BCUT2D eigenvalue weighted by Gasteiger charge is 2.54. The summed E-state index contributed by atoms with van der Waals surface area (Å²) in [5, 5.41) is 11.1. The second-order valence-electron chi connectivity index (χ2n) is 6.47. The van der Waals surface area contributed by atoms with Crippen LogP contribution in [-0.2, 0) is 0 Å². The summed E-state index contributed by atoms with van der Waals surface area (Å²) in [6, 6.07) is 0. The van der Waals surface area contributed by atoms with Crippen molar-refractivity contribution in [2.75, 3.05) is 0 Å². The minimum Gasteiger partial charge on any atom is -0.384 e. The number of hydrogen-bond donors (Lipinski definition) is 1. The zero-order chi connectivity index (χ0) is 11.9. The summed E-state index contributed by atoms with van der Waals surface area (Å²) in [6.07, 6.45) is 5.38. The Hall–Kier alpha value is -0.300. The molecule has 0 aromatic heterocycles. The highest BCUT2D eigenvalue weighted by atomic mass is 16.3. The van der Waals surface area contributed by atoms with E-state index in [1.165, 1.54) is 5.57 Å². The van der Waals surface area contributed by atoms with Gasteiger partial charge in [0.2, 0.25) is 0 Å². The lowest BCUT2D eigenvalue weighted by Crippen LogP contribution is -2.56. The van der Waals surface area contributed by atoms with Crippen LogP contribution in [0.5, 0.6) is 0 Å². The molecule has 1 nitrogen and oxygen atoms in total. The van der Waals surface area contributed by atoms with Crippen LogP contribution in [0, 0.1) is 10.8 Å². The van der Waals surface area contributed by atoms with E-state index in [0.29, 0.717) is 0 Å². The first-order valence-electron chi connectivity index (χ1n) is 6.08. The smallest absolute Gasteiger partial charge is 0.0955 e. The molecule has 0 aromatic carbocycles. The maximum absolute atomic E-state index is 11.1. The number of allylic oxidation sites excluding steroid dienone is 1. The Bertz CT molecular complexity index is 268. The van der Waals surface area contributed by atoms with Crippen molar-refractivity contribution in [1.82, 2.24) is 0 Å². The van der Waals surface area contributed by atoms with Gasteiger partial charge in [-0.3, -0.25) is 0 Å². The van der Waals surface area contributed by atoms with Gasteiger partial charge in [0.25, 0.3) is 0 Å². The van der Waals surface area contributed by atoms with Crippen molar-refractivity contribution in [3.8, 4) is 0 Å². The lowest BCUT2D eigenvalue weighted by molar-refractivity contribution is -0.123. The molecule has 1 aliphatic rings. The van der Waals surface area contributed by atoms with Gasteiger partial charge in [0.15, 0.2) is 0 Å². The highest BCUT2D eigenvalue weighted by molar-refractivity contribution is 5.27. The van der Waals surface area contributed by atoms with Crippen LogP contribution in [0.15, 0.2) is 11.6 Å². The molecule has 1 N–H and O–H groups in total. The van der Waals surface area contributed by atoms with Gasteiger partial charge >= 0.3 is 0 Å². The number of rotatable bonds is 1. The van der Waals surface area contributed by atoms with E-state index in [2.05, 4.69) is 47.6 Å². The molecule has 1 rings (SSSR count). The average Bonchev–Trinajstić information content (AvgIpc) is 2.07. The van der Waals surface area contributed by atoms with E-state index in [0.717, 1.165) is 19.3 Å². The van der Waals surface area contributed by atoms with Crippen LogP contribution >= 0.6 is 0 Å². The van der Waals surface area contributed by atoms with Gasteiger partial charge in [-0.15, -0.1) is 0 Å². The van der Waals surface area contributed by atoms with Crippen molar-refractivity contribution in [3.05, 3.63) is 11.6 Å². The Morgan fingerprint density at radius 2 is 1.87 bits per heavy atom. The zero-order valence-electron chi connectivity index (χ0n) is 11.1. The normalized spacial score (nSPS) is 31.3. The van der Waals surface area contributed by atoms with Crippen molar-refractivity contribution in [2.24, 2.45) is 10.8 Å². The fraction of sp³-hybridized carbons (Fsp3) is 0.857. The fourth-order valence-corrected chi connectivity index (χ4v) is 3.27. The third-order valence-electron chi connectivity index (χ3n) is 4.07. The molecule has 0 spiro atoms. The molecule has 88 valence electrons. The maximum atomic E-state index is 11.1. The number of hydrogen-bond acceptors (Lipinski definition) is 1. The third kappa shape index (κ3) is 1.75. The van der Waals surface area contributed by atoms with Gasteiger partial charge in [-0.25, -0.2) is 0 Å². The van der Waals surface area contributed by atoms with Crippen molar-refractivity contribution in [3.63, 3.8) is 0 Å². The molecule has 1 unspecified atom stereocenters. The van der Waals surface area contributed by atoms with E-state index >= 15 is 0 Å². The van der Waals surface area contributed by atoms with Crippen molar-refractivity contribution < 1.29 is 5.11 Å². The standard InChI is InChI=1S/C14H26O/c1-7-11-9-8-10-13(5,6)14(11,15)12(2,3)4/h9,15H,7-8,10H2,1-6H3. The molecule has 0 heterocycles. The summed E-state index contributed by atoms with van der Waals surface area (Å²) in [5.74, 6) is 0. The van der Waals surface area contributed by atoms with Crippen LogP contribution < -0.4 is 0 Å². The van der Waals surface area contributed by atoms with Crippen LogP contribution in [0.25, 0.3) is 0 Å². The Kier molecular flexibility index (Phi) is 3.08. The average molecular weight is 210 g/mol. The van der Waals surface area contributed by atoms with Gasteiger partial charge in [0.1, 0.15) is 0 Å². The summed E-state index contributed by atoms with van der Waals surface area (Å²) in [4.78, 5) is 0. The predicted molar refractivity (Wildman–Crippen MR) is 65.8 cm³/mol. The van der Waals surface area contributed by atoms with Crippen molar-refractivity contribution >= 4 is 0 Å². The molecule has 0 saturated carbocycles. The van der Waals surface area contributed by atoms with Crippen LogP contribution in [0.4, 0.5) is 0 Å². The minimum absolute atomic E-state index is 0.0225. The predicted octanol–water partition coefficient (Wildman–Crippen LogP) is 3.92. The molecule has 0 amide bonds. The Morgan fingerprint density at radius 1 is 1.33 bits per heavy atom. The van der Waals surface area contributed by atoms with Crippen LogP contribution in [0.3, 0.4) is 0 Å². The van der Waals surface area contributed by atoms with E-state index in [4.69, 9.17) is 0 Å². The van der Waals surface area contributed by atoms with Gasteiger partial charge in [-0.1, -0.05) is 47.6 Å². The molecule has 0 fully saturated rings. The molecule has 1 aliphatic carbocycles. The molecule has 0 saturated heterocycles. The first-order valence-corrected chi connectivity index (χ1v) is 6.08. The summed E-state index contributed by atoms with van der Waals surface area (Å²) >= 11 is 0. The fourth-order valence-electron chi connectivity index (χ4n) is 3.27. The van der Waals surface area contributed by atoms with Crippen molar-refractivity contribution in [1.29, 1.82) is 0 Å². The molecule has 15 heavy (non-hydrogen) atoms. The lowest BCUT2D eigenvalue weighted by atomic mass is 9.54. The highest BCUT2D eigenvalue weighted by Crippen LogP contribution is 2.54. The van der Waals surface area contributed by atoms with Crippen molar-refractivity contribution in [2.45, 2.75) is 66.4 Å². The quantitative estimate of drug-likeness (QED) is 0.650. The Morgan fingerprint density at radius 3 is 2.20 bits per heavy atom. The number of aliphatic hydroxyl groups is 1. The summed E-state index contributed by atoms with van der Waals surface area (Å²) in [5.41, 5.74) is 0.447. The molecule has 0 aromatic rings. The zero-order valence-corrected chi connectivity index (χ0v) is 11.1. The first kappa shape index (κ1) is 12.8. The third-order valence-corrected chi connectivity index (χ3v) is 4.07. The topological polar surface area (TPSA) is 20.2 Å². The molecular formula is C14H26O. The largest absolute Gasteiger partial charge is 0.384 e. The molecule has 0 bridgehead atoms. The van der Waals surface area contributed by atoms with E-state index in [1.54, 1.807) is 0 Å². The molecule has 1 heteroatoms. The SMILES string of the molecule is CCC1=CCCC(C)(C)C1(O)C(C)(C)C. The molecule has 0 radical (unpaired) electrons. The first-order chi connectivity index (χ1) is 6.67. The molecule has 1 atom stereocenters. The Labute approximate surface area is 94.6 Å². The van der Waals surface area contributed by atoms with E-state index < -0.39 is 5.60 Å². The lowest BCUT2D eigenvalue weighted by Gasteiger charge is -2.54.